The Morgan fingerprint density at radius 1 is 1.11 bits per heavy atom. The van der Waals surface area contributed by atoms with Crippen LogP contribution in [0.15, 0.2) is 49.2 Å². The van der Waals surface area contributed by atoms with Gasteiger partial charge in [-0.3, -0.25) is 19.5 Å². The maximum absolute atomic E-state index is 17.1. The van der Waals surface area contributed by atoms with Gasteiger partial charge in [0.2, 0.25) is 0 Å². The summed E-state index contributed by atoms with van der Waals surface area (Å²) in [6, 6.07) is 2.71. The van der Waals surface area contributed by atoms with Gasteiger partial charge in [-0.25, -0.2) is 19.0 Å². The van der Waals surface area contributed by atoms with Crippen LogP contribution in [0.1, 0.15) is 94.4 Å². The van der Waals surface area contributed by atoms with E-state index in [2.05, 4.69) is 14.9 Å². The number of esters is 1. The number of carbonyl (C=O) groups is 3. The van der Waals surface area contributed by atoms with Gasteiger partial charge in [-0.15, -0.1) is 0 Å². The number of aliphatic hydroxyl groups excluding tert-OH is 1. The number of unbranched alkanes of at least 4 members (excludes halogenated alkanes) is 1. The highest BCUT2D eigenvalue weighted by Gasteiger charge is 2.63. The van der Waals surface area contributed by atoms with Gasteiger partial charge >= 0.3 is 23.5 Å². The molecule has 350 valence electrons. The van der Waals surface area contributed by atoms with Crippen molar-refractivity contribution in [1.82, 2.24) is 24.3 Å². The molecule has 5 rings (SSSR count). The fraction of sp³-hybridized carbons (Fsp3) is 0.702. The number of aromatic nitrogens is 3. The van der Waals surface area contributed by atoms with Crippen molar-refractivity contribution in [3.8, 4) is 11.3 Å². The molecule has 1 amide bonds. The van der Waals surface area contributed by atoms with Crippen LogP contribution in [0.4, 0.5) is 9.18 Å². The van der Waals surface area contributed by atoms with Crippen molar-refractivity contribution in [2.24, 2.45) is 23.7 Å². The molecule has 3 aliphatic heterocycles. The summed E-state index contributed by atoms with van der Waals surface area (Å²) in [6.07, 6.45) is 8.66. The largest absolute Gasteiger partial charge is 0.455 e. The van der Waals surface area contributed by atoms with Crippen LogP contribution >= 0.6 is 0 Å². The van der Waals surface area contributed by atoms with E-state index in [4.69, 9.17) is 23.7 Å². The first-order chi connectivity index (χ1) is 29.8. The molecule has 0 aromatic carbocycles. The van der Waals surface area contributed by atoms with Gasteiger partial charge in [0.15, 0.2) is 11.9 Å². The van der Waals surface area contributed by atoms with Gasteiger partial charge in [-0.2, -0.15) is 0 Å². The molecule has 16 heteroatoms. The van der Waals surface area contributed by atoms with Crippen molar-refractivity contribution < 1.29 is 52.4 Å². The zero-order valence-electron chi connectivity index (χ0n) is 39.0. The number of cyclic esters (lactones) is 1. The quantitative estimate of drug-likeness (QED) is 0.0750. The first-order valence-corrected chi connectivity index (χ1v) is 22.5. The number of halogens is 1. The fourth-order valence-electron chi connectivity index (χ4n) is 10.1. The number of imidazole rings is 1. The lowest BCUT2D eigenvalue weighted by atomic mass is 9.73. The van der Waals surface area contributed by atoms with Gasteiger partial charge in [0.1, 0.15) is 23.9 Å². The molecule has 2 aromatic heterocycles. The second kappa shape index (κ2) is 20.8. The van der Waals surface area contributed by atoms with Gasteiger partial charge in [-0.05, 0) is 92.8 Å². The molecule has 3 fully saturated rings. The van der Waals surface area contributed by atoms with Gasteiger partial charge in [0.05, 0.1) is 36.4 Å². The predicted molar refractivity (Wildman–Crippen MR) is 235 cm³/mol. The second-order valence-corrected chi connectivity index (χ2v) is 18.5. The zero-order valence-corrected chi connectivity index (χ0v) is 39.0. The van der Waals surface area contributed by atoms with E-state index in [1.165, 1.54) is 18.9 Å². The topological polar surface area (TPSA) is 176 Å². The molecule has 0 bridgehead atoms. The number of allylic oxidation sites excluding steroid dienone is 1. The summed E-state index contributed by atoms with van der Waals surface area (Å²) in [5.74, 6) is -5.80. The maximum atomic E-state index is 17.1. The predicted octanol–water partition coefficient (Wildman–Crippen LogP) is 6.19. The van der Waals surface area contributed by atoms with Gasteiger partial charge < -0.3 is 38.3 Å². The van der Waals surface area contributed by atoms with Crippen LogP contribution in [0.25, 0.3) is 11.3 Å². The molecule has 0 radical (unpaired) electrons. The second-order valence-electron chi connectivity index (χ2n) is 18.5. The number of rotatable bonds is 14. The van der Waals surface area contributed by atoms with Crippen molar-refractivity contribution in [3.63, 3.8) is 0 Å². The fourth-order valence-corrected chi connectivity index (χ4v) is 10.1. The average Bonchev–Trinajstić information content (AvgIpc) is 3.84. The van der Waals surface area contributed by atoms with Crippen LogP contribution in [0.5, 0.6) is 0 Å². The number of hydrogen-bond donors (Lipinski definition) is 1. The Labute approximate surface area is 372 Å². The number of Topliss-reactive ketones (excluding diaryl/α,β-unsaturated/α-hetero) is 1. The van der Waals surface area contributed by atoms with Crippen molar-refractivity contribution >= 4 is 23.6 Å². The SMILES string of the molecule is C/C=C\CN(C)[C@H]1C[C@@H](C)O[C@@H](O[C@@H]2[C@@H](C)C(=[OH+])[C@](C)(F)C(=O)O[C@H](CC)[C@@]3(C)OC(=O)N(CCCCn4cnc(-c5cccnc5)c4)C3[C@@H](C)C(=O)[C@H](C)C[C@@]2(C)OC)C1CO. The monoisotopic (exact) mass is 885 g/mol. The lowest BCUT2D eigenvalue weighted by Gasteiger charge is -2.48. The molecule has 3 aliphatic rings. The molecular formula is C47H71FN5O10+. The Morgan fingerprint density at radius 3 is 2.46 bits per heavy atom. The minimum Gasteiger partial charge on any atom is -0.455 e. The molecular weight excluding hydrogens is 814 g/mol. The number of ether oxygens (including phenoxy) is 5. The molecule has 15 nitrogen and oxygen atoms in total. The summed E-state index contributed by atoms with van der Waals surface area (Å²) in [5.41, 5.74) is -4.34. The van der Waals surface area contributed by atoms with Crippen molar-refractivity contribution in [3.05, 3.63) is 49.2 Å². The van der Waals surface area contributed by atoms with Crippen molar-refractivity contribution in [2.45, 2.75) is 155 Å². The summed E-state index contributed by atoms with van der Waals surface area (Å²) in [6.45, 7) is 16.1. The number of ketones is 2. The van der Waals surface area contributed by atoms with Crippen molar-refractivity contribution in [1.29, 1.82) is 0 Å². The lowest BCUT2D eigenvalue weighted by Crippen LogP contribution is -2.61. The molecule has 0 spiro atoms. The van der Waals surface area contributed by atoms with E-state index in [1.54, 1.807) is 53.3 Å². The summed E-state index contributed by atoms with van der Waals surface area (Å²) >= 11 is 0. The Balaban J connectivity index is 1.47. The Hall–Kier alpha value is -4.09. The van der Waals surface area contributed by atoms with Gasteiger partial charge in [0, 0.05) is 74.7 Å². The number of likely N-dealkylation sites (N-methyl/N-ethyl adjacent to an activating group) is 1. The summed E-state index contributed by atoms with van der Waals surface area (Å²) in [5, 5.41) is 10.8. The van der Waals surface area contributed by atoms with E-state index < -0.39 is 82.9 Å². The third kappa shape index (κ3) is 10.6. The first kappa shape index (κ1) is 49.9. The lowest BCUT2D eigenvalue weighted by molar-refractivity contribution is -0.285. The number of carbonyl (C=O) groups excluding carboxylic acids is 4. The van der Waals surface area contributed by atoms with E-state index in [0.29, 0.717) is 32.4 Å². The molecule has 13 atom stereocenters. The Morgan fingerprint density at radius 2 is 1.83 bits per heavy atom. The minimum absolute atomic E-state index is 0.0421. The number of pyridine rings is 1. The van der Waals surface area contributed by atoms with Crippen LogP contribution in [-0.4, -0.2) is 145 Å². The number of aryl methyl sites for hydroxylation is 1. The van der Waals surface area contributed by atoms with Crippen molar-refractivity contribution in [2.75, 3.05) is 33.9 Å². The Bertz CT molecular complexity index is 1910. The molecule has 5 heterocycles. The number of fused-ring (bicyclic) bond motifs is 1. The average molecular weight is 885 g/mol. The van der Waals surface area contributed by atoms with Crippen LogP contribution in [-0.2, 0) is 39.8 Å². The third-order valence-corrected chi connectivity index (χ3v) is 13.8. The summed E-state index contributed by atoms with van der Waals surface area (Å²) in [4.78, 5) is 67.1. The molecule has 63 heavy (non-hydrogen) atoms. The summed E-state index contributed by atoms with van der Waals surface area (Å²) < 4.78 is 50.5. The standard InChI is InChI=1S/C47H70FN5O10/c1-12-14-20-51(10)36-23-30(4)60-42(34(36)27-54)62-41-32(6)40(56)46(8,48)43(57)61-37(13-2)47(9)39(31(5)38(55)29(3)24-45(41,7)59-11)53(44(58)63-47)22-16-15-21-52-26-35(50-28-52)33-18-17-19-49-25-33/h12,14,17-19,25-26,28-32,34,36-37,39,41-42,54H,13,15-16,20-24,27H2,1-11H3/p+1/b14-12-/t29-,30-,31+,32+,34?,36+,37-,39?,41-,42+,45-,46+,47-/m1/s1. The molecule has 2 aromatic rings. The van der Waals surface area contributed by atoms with Crippen LogP contribution in [0.3, 0.4) is 0 Å². The van der Waals surface area contributed by atoms with Gasteiger partial charge in [0.25, 0.3) is 0 Å². The van der Waals surface area contributed by atoms with Gasteiger partial charge in [-0.1, -0.05) is 32.9 Å². The Kier molecular flexibility index (Phi) is 16.5. The van der Waals surface area contributed by atoms with Crippen LogP contribution in [0.2, 0.25) is 0 Å². The normalized spacial score (nSPS) is 36.1. The number of aliphatic hydroxyl groups is 1. The molecule has 0 aliphatic carbocycles. The molecule has 3 saturated heterocycles. The smallest absolute Gasteiger partial charge is 0.410 e. The number of hydrogen-bond acceptors (Lipinski definition) is 12. The van der Waals surface area contributed by atoms with E-state index in [0.717, 1.165) is 18.2 Å². The highest BCUT2D eigenvalue weighted by Crippen LogP contribution is 2.44. The molecule has 2 unspecified atom stereocenters. The highest BCUT2D eigenvalue weighted by molar-refractivity contribution is 6.08. The molecule has 2 N–H and O–H groups in total. The van der Waals surface area contributed by atoms with Crippen LogP contribution < -0.4 is 0 Å². The van der Waals surface area contributed by atoms with E-state index in [1.807, 2.05) is 55.9 Å². The minimum atomic E-state index is -3.06. The number of alkyl halides is 1. The highest BCUT2D eigenvalue weighted by atomic mass is 19.1. The third-order valence-electron chi connectivity index (χ3n) is 13.8. The zero-order chi connectivity index (χ0) is 46.4. The maximum Gasteiger partial charge on any atom is 0.410 e. The first-order valence-electron chi connectivity index (χ1n) is 22.5. The number of amides is 1. The van der Waals surface area contributed by atoms with Crippen LogP contribution in [0, 0.1) is 23.7 Å². The van der Waals surface area contributed by atoms with E-state index in [9.17, 15) is 24.3 Å². The molecule has 0 saturated carbocycles. The summed E-state index contributed by atoms with van der Waals surface area (Å²) in [7, 11) is 3.41. The van der Waals surface area contributed by atoms with E-state index >= 15 is 4.39 Å². The van der Waals surface area contributed by atoms with E-state index in [-0.39, 0.29) is 43.9 Å². The number of methoxy groups -OCH3 is 1. The number of nitrogens with zero attached hydrogens (tertiary/aromatic N) is 5.